The highest BCUT2D eigenvalue weighted by atomic mass is 16.6. The predicted octanol–water partition coefficient (Wildman–Crippen LogP) is 20.7. The Balaban J connectivity index is 4.46. The van der Waals surface area contributed by atoms with Gasteiger partial charge in [0.05, 0.1) is 0 Å². The Kier molecular flexibility index (Phi) is 57.4. The lowest BCUT2D eigenvalue weighted by Crippen LogP contribution is -2.30. The predicted molar refractivity (Wildman–Crippen MR) is 316 cm³/mol. The topological polar surface area (TPSA) is 78.9 Å². The fourth-order valence-corrected chi connectivity index (χ4v) is 8.18. The smallest absolute Gasteiger partial charge is 0.306 e. The molecule has 0 radical (unpaired) electrons. The molecule has 6 heteroatoms. The van der Waals surface area contributed by atoms with Gasteiger partial charge < -0.3 is 14.2 Å². The highest BCUT2D eigenvalue weighted by Crippen LogP contribution is 2.15. The summed E-state index contributed by atoms with van der Waals surface area (Å²) < 4.78 is 16.8. The average molecular weight is 1010 g/mol. The van der Waals surface area contributed by atoms with Crippen LogP contribution in [0.1, 0.15) is 278 Å². The van der Waals surface area contributed by atoms with Crippen LogP contribution >= 0.6 is 0 Å². The van der Waals surface area contributed by atoms with Crippen molar-refractivity contribution in [2.45, 2.75) is 284 Å². The number of unbranched alkanes of at least 4 members (excludes halogenated alkanes) is 25. The van der Waals surface area contributed by atoms with Crippen molar-refractivity contribution >= 4 is 17.9 Å². The molecular weight excluding hydrogens is 901 g/mol. The van der Waals surface area contributed by atoms with Gasteiger partial charge in [0.1, 0.15) is 13.2 Å². The number of hydrogen-bond acceptors (Lipinski definition) is 6. The number of esters is 3. The molecule has 0 aromatic rings. The van der Waals surface area contributed by atoms with E-state index in [0.29, 0.717) is 19.3 Å². The van der Waals surface area contributed by atoms with Crippen LogP contribution in [0.25, 0.3) is 0 Å². The zero-order valence-electron chi connectivity index (χ0n) is 47.6. The van der Waals surface area contributed by atoms with Crippen LogP contribution in [0.15, 0.2) is 109 Å². The van der Waals surface area contributed by atoms with E-state index in [9.17, 15) is 14.4 Å². The van der Waals surface area contributed by atoms with E-state index in [-0.39, 0.29) is 37.5 Å². The Morgan fingerprint density at radius 3 is 0.918 bits per heavy atom. The Hall–Kier alpha value is -3.93. The molecule has 0 aromatic carbocycles. The number of carbonyl (C=O) groups excluding carboxylic acids is 3. The van der Waals surface area contributed by atoms with Crippen molar-refractivity contribution in [3.05, 3.63) is 109 Å². The minimum Gasteiger partial charge on any atom is -0.462 e. The first-order valence-corrected chi connectivity index (χ1v) is 30.4. The second-order valence-corrected chi connectivity index (χ2v) is 19.9. The van der Waals surface area contributed by atoms with Crippen LogP contribution in [-0.2, 0) is 28.6 Å². The van der Waals surface area contributed by atoms with Crippen LogP contribution in [0.5, 0.6) is 0 Å². The van der Waals surface area contributed by atoms with Crippen LogP contribution in [0, 0.1) is 0 Å². The van der Waals surface area contributed by atoms with Crippen LogP contribution in [0.3, 0.4) is 0 Å². The Morgan fingerprint density at radius 1 is 0.288 bits per heavy atom. The third kappa shape index (κ3) is 58.8. The first kappa shape index (κ1) is 69.1. The van der Waals surface area contributed by atoms with Gasteiger partial charge in [-0.2, -0.15) is 0 Å². The molecule has 0 rings (SSSR count). The summed E-state index contributed by atoms with van der Waals surface area (Å²) in [6.07, 6.45) is 82.3. The summed E-state index contributed by atoms with van der Waals surface area (Å²) in [6.45, 7) is 6.44. The fraction of sp³-hybridized carbons (Fsp3) is 0.687. The van der Waals surface area contributed by atoms with Gasteiger partial charge in [-0.15, -0.1) is 0 Å². The molecule has 0 N–H and O–H groups in total. The quantitative estimate of drug-likeness (QED) is 0.0261. The summed E-state index contributed by atoms with van der Waals surface area (Å²) in [5, 5.41) is 0. The molecule has 416 valence electrons. The monoisotopic (exact) mass is 1010 g/mol. The molecule has 0 aliphatic carbocycles. The van der Waals surface area contributed by atoms with E-state index in [1.165, 1.54) is 128 Å². The van der Waals surface area contributed by atoms with E-state index in [4.69, 9.17) is 14.2 Å². The average Bonchev–Trinajstić information content (AvgIpc) is 3.39. The van der Waals surface area contributed by atoms with Crippen molar-refractivity contribution in [1.82, 2.24) is 0 Å². The van der Waals surface area contributed by atoms with Gasteiger partial charge in [0.15, 0.2) is 6.10 Å². The third-order valence-electron chi connectivity index (χ3n) is 12.7. The summed E-state index contributed by atoms with van der Waals surface area (Å²) in [4.78, 5) is 38.2. The number of carbonyl (C=O) groups is 3. The van der Waals surface area contributed by atoms with E-state index in [2.05, 4.69) is 130 Å². The molecule has 6 nitrogen and oxygen atoms in total. The van der Waals surface area contributed by atoms with Crippen molar-refractivity contribution in [3.8, 4) is 0 Å². The lowest BCUT2D eigenvalue weighted by atomic mass is 10.0. The van der Waals surface area contributed by atoms with Gasteiger partial charge in [0.25, 0.3) is 0 Å². The molecule has 0 spiro atoms. The molecule has 0 bridgehead atoms. The number of hydrogen-bond donors (Lipinski definition) is 0. The van der Waals surface area contributed by atoms with E-state index >= 15 is 0 Å². The van der Waals surface area contributed by atoms with Crippen LogP contribution in [0.4, 0.5) is 0 Å². The minimum atomic E-state index is -0.816. The van der Waals surface area contributed by atoms with Gasteiger partial charge in [-0.25, -0.2) is 0 Å². The Morgan fingerprint density at radius 2 is 0.534 bits per heavy atom. The van der Waals surface area contributed by atoms with Crippen molar-refractivity contribution < 1.29 is 28.6 Å². The molecule has 0 aromatic heterocycles. The van der Waals surface area contributed by atoms with E-state index in [1.807, 2.05) is 0 Å². The molecular formula is C67H112O6. The molecule has 0 amide bonds. The summed E-state index contributed by atoms with van der Waals surface area (Å²) in [7, 11) is 0. The zero-order chi connectivity index (χ0) is 52.9. The largest absolute Gasteiger partial charge is 0.462 e. The van der Waals surface area contributed by atoms with E-state index in [0.717, 1.165) is 103 Å². The van der Waals surface area contributed by atoms with Crippen molar-refractivity contribution in [1.29, 1.82) is 0 Å². The molecule has 1 atom stereocenters. The highest BCUT2D eigenvalue weighted by Gasteiger charge is 2.19. The third-order valence-corrected chi connectivity index (χ3v) is 12.7. The van der Waals surface area contributed by atoms with Gasteiger partial charge in [0, 0.05) is 19.3 Å². The van der Waals surface area contributed by atoms with Crippen LogP contribution in [-0.4, -0.2) is 37.2 Å². The molecule has 0 saturated carbocycles. The fourth-order valence-electron chi connectivity index (χ4n) is 8.18. The minimum absolute atomic E-state index is 0.106. The van der Waals surface area contributed by atoms with Crippen LogP contribution in [0.2, 0.25) is 0 Å². The normalized spacial score (nSPS) is 12.9. The van der Waals surface area contributed by atoms with Crippen molar-refractivity contribution in [2.24, 2.45) is 0 Å². The standard InChI is InChI=1S/C67H112O6/c1-4-7-10-13-16-19-22-25-28-30-32-33-35-37-40-42-45-48-51-54-57-60-66(69)72-63-64(73-67(70)61-58-55-52-49-46-43-38-27-24-21-18-15-12-9-6-3)62-71-65(68)59-56-53-50-47-44-41-39-36-34-31-29-26-23-20-17-14-11-8-5-2/h9,12,17-18,20-21,25-29,34,36,38,41,44,46,49,64H,4-8,10-11,13-16,19,22-24,30-33,35,37,39-40,42-43,45,47-48,50-63H2,1-3H3/b12-9-,20-17-,21-18-,28-25-,29-26-,36-34-,38-27-,44-41-,49-46-/t64-/m1/s1. The summed E-state index contributed by atoms with van der Waals surface area (Å²) in [6, 6.07) is 0. The van der Waals surface area contributed by atoms with Gasteiger partial charge >= 0.3 is 17.9 Å². The van der Waals surface area contributed by atoms with Gasteiger partial charge in [-0.3, -0.25) is 14.4 Å². The molecule has 0 saturated heterocycles. The van der Waals surface area contributed by atoms with E-state index in [1.54, 1.807) is 0 Å². The molecule has 0 aliphatic heterocycles. The number of ether oxygens (including phenoxy) is 3. The zero-order valence-corrected chi connectivity index (χ0v) is 47.6. The Labute approximate surface area is 450 Å². The number of rotatable bonds is 54. The first-order valence-electron chi connectivity index (χ1n) is 30.4. The molecule has 73 heavy (non-hydrogen) atoms. The van der Waals surface area contributed by atoms with Gasteiger partial charge in [-0.1, -0.05) is 239 Å². The molecule has 0 aliphatic rings. The number of allylic oxidation sites excluding steroid dienone is 18. The van der Waals surface area contributed by atoms with Crippen molar-refractivity contribution in [2.75, 3.05) is 13.2 Å². The van der Waals surface area contributed by atoms with E-state index < -0.39 is 6.10 Å². The first-order chi connectivity index (χ1) is 36.0. The maximum Gasteiger partial charge on any atom is 0.306 e. The van der Waals surface area contributed by atoms with Gasteiger partial charge in [0.2, 0.25) is 0 Å². The Bertz CT molecular complexity index is 1490. The molecule has 0 heterocycles. The second kappa shape index (κ2) is 60.6. The molecule has 0 unspecified atom stereocenters. The molecule has 0 fully saturated rings. The maximum atomic E-state index is 12.9. The van der Waals surface area contributed by atoms with Gasteiger partial charge in [-0.05, 0) is 128 Å². The second-order valence-electron chi connectivity index (χ2n) is 19.9. The van der Waals surface area contributed by atoms with Crippen molar-refractivity contribution in [3.63, 3.8) is 0 Å². The lowest BCUT2D eigenvalue weighted by Gasteiger charge is -2.18. The summed E-state index contributed by atoms with van der Waals surface area (Å²) in [5.74, 6) is -0.978. The lowest BCUT2D eigenvalue weighted by molar-refractivity contribution is -0.167. The summed E-state index contributed by atoms with van der Waals surface area (Å²) in [5.41, 5.74) is 0. The summed E-state index contributed by atoms with van der Waals surface area (Å²) >= 11 is 0. The SMILES string of the molecule is CC/C=C\C/C=C\C/C=C\C/C=C\CCCCC(=O)O[C@H](COC(=O)CCCCC/C=C\C/C=C\C/C=C\C/C=C\CCCCC)COC(=O)CCCCCCCCCCCCC/C=C\CCCCCCCC. The van der Waals surface area contributed by atoms with Crippen LogP contribution < -0.4 is 0 Å². The highest BCUT2D eigenvalue weighted by molar-refractivity contribution is 5.71. The maximum absolute atomic E-state index is 12.9.